The van der Waals surface area contributed by atoms with Crippen LogP contribution in [0.5, 0.6) is 5.75 Å². The Morgan fingerprint density at radius 3 is 2.80 bits per heavy atom. The van der Waals surface area contributed by atoms with Gasteiger partial charge >= 0.3 is 0 Å². The summed E-state index contributed by atoms with van der Waals surface area (Å²) in [4.78, 5) is 12.0. The molecule has 0 fully saturated rings. The maximum absolute atomic E-state index is 12.0. The molecule has 1 aromatic rings. The molecule has 0 aromatic heterocycles. The number of amides is 1. The van der Waals surface area contributed by atoms with Gasteiger partial charge < -0.3 is 20.5 Å². The lowest BCUT2D eigenvalue weighted by Gasteiger charge is -2.20. The smallest absolute Gasteiger partial charge is 0.246 e. The van der Waals surface area contributed by atoms with Gasteiger partial charge in [-0.2, -0.15) is 0 Å². The van der Waals surface area contributed by atoms with E-state index in [1.165, 1.54) is 18.4 Å². The van der Waals surface area contributed by atoms with E-state index in [0.29, 0.717) is 19.7 Å². The average Bonchev–Trinajstić information content (AvgIpc) is 2.62. The number of nitrogens with one attached hydrogen (secondary N) is 1. The number of hydrogen-bond acceptors (Lipinski definition) is 4. The van der Waals surface area contributed by atoms with Gasteiger partial charge in [-0.05, 0) is 49.5 Å². The van der Waals surface area contributed by atoms with E-state index in [1.807, 2.05) is 24.3 Å². The van der Waals surface area contributed by atoms with Crippen LogP contribution in [0.15, 0.2) is 35.9 Å². The number of rotatable bonds is 8. The van der Waals surface area contributed by atoms with Crippen LogP contribution >= 0.6 is 0 Å². The van der Waals surface area contributed by atoms with Crippen LogP contribution in [0, 0.1) is 0 Å². The van der Waals surface area contributed by atoms with Gasteiger partial charge in [0.25, 0.3) is 0 Å². The Bertz CT molecular complexity index is 555. The third-order valence-corrected chi connectivity index (χ3v) is 4.36. The molecule has 1 aliphatic carbocycles. The van der Waals surface area contributed by atoms with Gasteiger partial charge in [-0.1, -0.05) is 31.1 Å². The monoisotopic (exact) mass is 346 g/mol. The maximum Gasteiger partial charge on any atom is 0.246 e. The Hall–Kier alpha value is -1.85. The average molecular weight is 346 g/mol. The zero-order chi connectivity index (χ0) is 17.9. The van der Waals surface area contributed by atoms with Crippen molar-refractivity contribution in [3.05, 3.63) is 41.5 Å². The zero-order valence-electron chi connectivity index (χ0n) is 15.1. The van der Waals surface area contributed by atoms with Crippen LogP contribution < -0.4 is 15.8 Å². The van der Waals surface area contributed by atoms with Gasteiger partial charge in [0.2, 0.25) is 5.91 Å². The predicted molar refractivity (Wildman–Crippen MR) is 99.4 cm³/mol. The second kappa shape index (κ2) is 10.9. The molecule has 0 spiro atoms. The zero-order valence-corrected chi connectivity index (χ0v) is 15.1. The second-order valence-corrected chi connectivity index (χ2v) is 6.44. The normalized spacial score (nSPS) is 18.0. The Labute approximate surface area is 150 Å². The van der Waals surface area contributed by atoms with Gasteiger partial charge in [-0.15, -0.1) is 0 Å². The molecule has 0 radical (unpaired) electrons. The molecule has 0 saturated heterocycles. The van der Waals surface area contributed by atoms with Crippen molar-refractivity contribution < 1.29 is 14.3 Å². The molecule has 0 heterocycles. The van der Waals surface area contributed by atoms with E-state index in [-0.39, 0.29) is 18.6 Å². The Morgan fingerprint density at radius 2 is 2.04 bits per heavy atom. The van der Waals surface area contributed by atoms with E-state index in [2.05, 4.69) is 18.3 Å². The van der Waals surface area contributed by atoms with Crippen molar-refractivity contribution >= 4 is 5.91 Å². The molecule has 5 heteroatoms. The molecule has 2 rings (SSSR count). The standard InChI is InChI=1S/C20H30N2O3/c1-16-6-4-2-3-5-7-19(16)25-15-20(23)22-14-17-8-10-18(11-9-17)24-13-12-21/h6,8-11,19H,2-5,7,12-15,21H2,1H3,(H,22,23). The summed E-state index contributed by atoms with van der Waals surface area (Å²) in [5, 5.41) is 2.90. The molecule has 3 N–H and O–H groups in total. The van der Waals surface area contributed by atoms with E-state index < -0.39 is 0 Å². The topological polar surface area (TPSA) is 73.6 Å². The quantitative estimate of drug-likeness (QED) is 0.710. The molecule has 1 aromatic carbocycles. The van der Waals surface area contributed by atoms with Crippen molar-refractivity contribution in [1.82, 2.24) is 5.32 Å². The van der Waals surface area contributed by atoms with Gasteiger partial charge in [-0.25, -0.2) is 0 Å². The predicted octanol–water partition coefficient (Wildman–Crippen LogP) is 2.94. The molecule has 138 valence electrons. The molecule has 0 saturated carbocycles. The first-order chi connectivity index (χ1) is 12.2. The number of allylic oxidation sites excluding steroid dienone is 1. The number of carbonyl (C=O) groups is 1. The summed E-state index contributed by atoms with van der Waals surface area (Å²) in [5.41, 5.74) is 7.68. The van der Waals surface area contributed by atoms with Crippen LogP contribution in [-0.2, 0) is 16.1 Å². The summed E-state index contributed by atoms with van der Waals surface area (Å²) in [7, 11) is 0. The highest BCUT2D eigenvalue weighted by Crippen LogP contribution is 2.20. The minimum Gasteiger partial charge on any atom is -0.492 e. The first-order valence-electron chi connectivity index (χ1n) is 9.16. The van der Waals surface area contributed by atoms with E-state index in [0.717, 1.165) is 30.6 Å². The van der Waals surface area contributed by atoms with Crippen LogP contribution in [0.2, 0.25) is 0 Å². The first-order valence-corrected chi connectivity index (χ1v) is 9.16. The Morgan fingerprint density at radius 1 is 1.24 bits per heavy atom. The molecule has 1 unspecified atom stereocenters. The van der Waals surface area contributed by atoms with Gasteiger partial charge in [-0.3, -0.25) is 4.79 Å². The van der Waals surface area contributed by atoms with Crippen LogP contribution in [0.25, 0.3) is 0 Å². The molecule has 0 bridgehead atoms. The molecule has 5 nitrogen and oxygen atoms in total. The van der Waals surface area contributed by atoms with E-state index >= 15 is 0 Å². The summed E-state index contributed by atoms with van der Waals surface area (Å²) < 4.78 is 11.3. The molecule has 1 aliphatic rings. The van der Waals surface area contributed by atoms with Crippen molar-refractivity contribution in [2.75, 3.05) is 19.8 Å². The Kier molecular flexibility index (Phi) is 8.49. The van der Waals surface area contributed by atoms with Crippen LogP contribution in [0.3, 0.4) is 0 Å². The number of nitrogens with two attached hydrogens (primary N) is 1. The third kappa shape index (κ3) is 7.28. The highest BCUT2D eigenvalue weighted by molar-refractivity contribution is 5.77. The number of benzene rings is 1. The Balaban J connectivity index is 1.72. The minimum atomic E-state index is -0.0849. The number of hydrogen-bond donors (Lipinski definition) is 2. The second-order valence-electron chi connectivity index (χ2n) is 6.44. The van der Waals surface area contributed by atoms with Crippen molar-refractivity contribution in [3.63, 3.8) is 0 Å². The fourth-order valence-corrected chi connectivity index (χ4v) is 2.86. The SMILES string of the molecule is CC1=CCCCCCC1OCC(=O)NCc1ccc(OCCN)cc1. The van der Waals surface area contributed by atoms with Crippen LogP contribution in [-0.4, -0.2) is 31.8 Å². The molecule has 1 atom stereocenters. The van der Waals surface area contributed by atoms with Crippen molar-refractivity contribution in [2.45, 2.75) is 51.7 Å². The summed E-state index contributed by atoms with van der Waals surface area (Å²) in [6.07, 6.45) is 8.08. The maximum atomic E-state index is 12.0. The fourth-order valence-electron chi connectivity index (χ4n) is 2.86. The van der Waals surface area contributed by atoms with Crippen molar-refractivity contribution in [2.24, 2.45) is 5.73 Å². The molecular formula is C20H30N2O3. The molecular weight excluding hydrogens is 316 g/mol. The molecule has 25 heavy (non-hydrogen) atoms. The lowest BCUT2D eigenvalue weighted by molar-refractivity contribution is -0.127. The number of carbonyl (C=O) groups excluding carboxylic acids is 1. The van der Waals surface area contributed by atoms with Gasteiger partial charge in [0.05, 0.1) is 6.10 Å². The number of ether oxygens (including phenoxy) is 2. The third-order valence-electron chi connectivity index (χ3n) is 4.36. The fraction of sp³-hybridized carbons (Fsp3) is 0.550. The highest BCUT2D eigenvalue weighted by Gasteiger charge is 2.14. The van der Waals surface area contributed by atoms with Gasteiger partial charge in [0.15, 0.2) is 0 Å². The molecule has 1 amide bonds. The van der Waals surface area contributed by atoms with Crippen LogP contribution in [0.4, 0.5) is 0 Å². The lowest BCUT2D eigenvalue weighted by atomic mass is 9.98. The lowest BCUT2D eigenvalue weighted by Crippen LogP contribution is -2.30. The molecule has 0 aliphatic heterocycles. The first kappa shape index (κ1) is 19.5. The largest absolute Gasteiger partial charge is 0.492 e. The van der Waals surface area contributed by atoms with Crippen LogP contribution in [0.1, 0.15) is 44.6 Å². The van der Waals surface area contributed by atoms with Gasteiger partial charge in [0, 0.05) is 13.1 Å². The van der Waals surface area contributed by atoms with E-state index in [4.69, 9.17) is 15.2 Å². The van der Waals surface area contributed by atoms with E-state index in [1.54, 1.807) is 0 Å². The minimum absolute atomic E-state index is 0.0741. The summed E-state index contributed by atoms with van der Waals surface area (Å²) in [6.45, 7) is 3.69. The summed E-state index contributed by atoms with van der Waals surface area (Å²) >= 11 is 0. The summed E-state index contributed by atoms with van der Waals surface area (Å²) in [5.74, 6) is 0.703. The van der Waals surface area contributed by atoms with Gasteiger partial charge in [0.1, 0.15) is 19.0 Å². The highest BCUT2D eigenvalue weighted by atomic mass is 16.5. The summed E-state index contributed by atoms with van der Waals surface area (Å²) in [6, 6.07) is 7.65. The van der Waals surface area contributed by atoms with E-state index in [9.17, 15) is 4.79 Å². The van der Waals surface area contributed by atoms with Crippen molar-refractivity contribution in [3.8, 4) is 5.75 Å². The van der Waals surface area contributed by atoms with Crippen molar-refractivity contribution in [1.29, 1.82) is 0 Å².